The van der Waals surface area contributed by atoms with Crippen LogP contribution in [0.3, 0.4) is 0 Å². The lowest BCUT2D eigenvalue weighted by molar-refractivity contribution is -0.287. The van der Waals surface area contributed by atoms with Crippen LogP contribution in [0.4, 0.5) is 0 Å². The van der Waals surface area contributed by atoms with Gasteiger partial charge in [0.2, 0.25) is 0 Å². The Morgan fingerprint density at radius 3 is 2.02 bits per heavy atom. The Morgan fingerprint density at radius 1 is 0.881 bits per heavy atom. The minimum atomic E-state index is -1.45. The molecule has 1 aromatic rings. The lowest BCUT2D eigenvalue weighted by Gasteiger charge is -2.47. The van der Waals surface area contributed by atoms with Crippen molar-refractivity contribution in [1.29, 1.82) is 0 Å². The Labute approximate surface area is 240 Å². The van der Waals surface area contributed by atoms with E-state index in [4.69, 9.17) is 38.7 Å². The summed E-state index contributed by atoms with van der Waals surface area (Å²) in [4.78, 5) is 66.3. The quantitative estimate of drug-likeness (QED) is 0.0536. The number of hydrogen-bond donors (Lipinski definition) is 0. The van der Waals surface area contributed by atoms with E-state index in [1.807, 2.05) is 0 Å². The third kappa shape index (κ3) is 8.47. The van der Waals surface area contributed by atoms with E-state index in [2.05, 4.69) is 10.0 Å². The van der Waals surface area contributed by atoms with Crippen LogP contribution in [0.15, 0.2) is 29.4 Å². The van der Waals surface area contributed by atoms with E-state index in [1.54, 1.807) is 12.1 Å². The van der Waals surface area contributed by atoms with E-state index in [9.17, 15) is 24.0 Å². The van der Waals surface area contributed by atoms with Crippen LogP contribution in [-0.4, -0.2) is 111 Å². The van der Waals surface area contributed by atoms with Gasteiger partial charge in [-0.2, -0.15) is 0 Å². The van der Waals surface area contributed by atoms with Crippen LogP contribution in [0.1, 0.15) is 41.5 Å². The third-order valence-corrected chi connectivity index (χ3v) is 6.07. The highest BCUT2D eigenvalue weighted by Crippen LogP contribution is 2.35. The van der Waals surface area contributed by atoms with Crippen molar-refractivity contribution in [1.82, 2.24) is 4.90 Å². The van der Waals surface area contributed by atoms with E-state index in [-0.39, 0.29) is 50.7 Å². The Hall–Kier alpha value is -4.08. The number of benzene rings is 1. The molecule has 0 aliphatic carbocycles. The van der Waals surface area contributed by atoms with Crippen molar-refractivity contribution in [3.05, 3.63) is 45.8 Å². The zero-order valence-electron chi connectivity index (χ0n) is 23.3. The molecule has 0 spiro atoms. The van der Waals surface area contributed by atoms with E-state index < -0.39 is 67.0 Å². The summed E-state index contributed by atoms with van der Waals surface area (Å²) in [6.45, 7) is 3.74. The van der Waals surface area contributed by atoms with Gasteiger partial charge in [0, 0.05) is 32.2 Å². The van der Waals surface area contributed by atoms with Crippen LogP contribution in [0, 0.1) is 0 Å². The lowest BCUT2D eigenvalue weighted by atomic mass is 9.94. The molecule has 0 aromatic heterocycles. The summed E-state index contributed by atoms with van der Waals surface area (Å²) in [5.74, 6) is -3.61. The first-order valence-corrected chi connectivity index (χ1v) is 13.0. The van der Waals surface area contributed by atoms with Gasteiger partial charge in [-0.3, -0.25) is 28.9 Å². The van der Waals surface area contributed by atoms with Crippen LogP contribution in [0.5, 0.6) is 0 Å². The van der Waals surface area contributed by atoms with Crippen LogP contribution < -0.4 is 0 Å². The van der Waals surface area contributed by atoms with Crippen molar-refractivity contribution < 1.29 is 57.1 Å². The number of carbonyl (C=O) groups is 5. The zero-order valence-corrected chi connectivity index (χ0v) is 23.3. The summed E-state index contributed by atoms with van der Waals surface area (Å²) in [5, 5.41) is 3.35. The molecule has 1 aromatic carbocycles. The van der Waals surface area contributed by atoms with Gasteiger partial charge in [0.05, 0.1) is 44.2 Å². The van der Waals surface area contributed by atoms with Gasteiger partial charge in [-0.15, -0.1) is 0 Å². The summed E-state index contributed by atoms with van der Waals surface area (Å²) in [6.07, 6.45) is -5.42. The maximum atomic E-state index is 13.5. The van der Waals surface area contributed by atoms with E-state index in [0.29, 0.717) is 0 Å². The molecule has 0 N–H and O–H groups in total. The standard InChI is InChI=1S/C26H32N4O12/c1-15(31)39-14-20-22(40-16(2)32)23(41-17(3)33)21(30-24(34)18-6-4-5-7-19(18)25(30)35)26(42-20)38-13-12-37-11-10-36-9-8-28-29-27/h4-7,20-23,26H,8-14H2,1-3H3/t20-,21-,22-,23-,26-/m1/s1. The minimum Gasteiger partial charge on any atom is -0.463 e. The van der Waals surface area contributed by atoms with E-state index >= 15 is 0 Å². The molecule has 0 saturated carbocycles. The summed E-state index contributed by atoms with van der Waals surface area (Å²) < 4.78 is 38.7. The molecule has 42 heavy (non-hydrogen) atoms. The number of nitrogens with zero attached hydrogens (tertiary/aromatic N) is 4. The SMILES string of the molecule is CC(=O)OC[C@H]1O[C@@H](OCCOCCOCCN=[N+]=[N-])[C@H](N2C(=O)c3ccccc3C2=O)[C@@H](OC(C)=O)[C@@H]1OC(C)=O. The topological polar surface area (TPSA) is 202 Å². The Balaban J connectivity index is 1.85. The molecule has 0 radical (unpaired) electrons. The van der Waals surface area contributed by atoms with Crippen molar-refractivity contribution in [2.75, 3.05) is 46.2 Å². The monoisotopic (exact) mass is 592 g/mol. The number of amides is 2. The van der Waals surface area contributed by atoms with Gasteiger partial charge in [-0.25, -0.2) is 0 Å². The number of hydrogen-bond acceptors (Lipinski definition) is 13. The molecule has 2 aliphatic rings. The molecule has 2 amide bonds. The highest BCUT2D eigenvalue weighted by molar-refractivity contribution is 6.21. The van der Waals surface area contributed by atoms with Gasteiger partial charge in [0.25, 0.3) is 11.8 Å². The maximum absolute atomic E-state index is 13.5. The molecular weight excluding hydrogens is 560 g/mol. The molecule has 3 rings (SSSR count). The lowest BCUT2D eigenvalue weighted by Crippen LogP contribution is -2.67. The predicted octanol–water partition coefficient (Wildman–Crippen LogP) is 1.16. The first-order valence-electron chi connectivity index (χ1n) is 13.0. The second kappa shape index (κ2) is 15.8. The maximum Gasteiger partial charge on any atom is 0.303 e. The van der Waals surface area contributed by atoms with Crippen molar-refractivity contribution in [2.24, 2.45) is 5.11 Å². The van der Waals surface area contributed by atoms with Crippen LogP contribution in [0.2, 0.25) is 0 Å². The summed E-state index contributed by atoms with van der Waals surface area (Å²) in [5.41, 5.74) is 8.51. The summed E-state index contributed by atoms with van der Waals surface area (Å²) >= 11 is 0. The molecule has 2 heterocycles. The highest BCUT2D eigenvalue weighted by Gasteiger charge is 2.57. The molecule has 16 nitrogen and oxygen atoms in total. The number of fused-ring (bicyclic) bond motifs is 1. The zero-order chi connectivity index (χ0) is 30.6. The molecule has 228 valence electrons. The normalized spacial score (nSPS) is 23.1. The van der Waals surface area contributed by atoms with Crippen LogP contribution in [-0.2, 0) is 47.5 Å². The first kappa shape index (κ1) is 32.4. The molecule has 5 atom stereocenters. The number of rotatable bonds is 15. The van der Waals surface area contributed by atoms with E-state index in [1.165, 1.54) is 19.1 Å². The number of imide groups is 1. The fourth-order valence-electron chi connectivity index (χ4n) is 4.47. The number of ether oxygens (including phenoxy) is 7. The van der Waals surface area contributed by atoms with Crippen LogP contribution >= 0.6 is 0 Å². The number of esters is 3. The summed E-state index contributed by atoms with van der Waals surface area (Å²) in [6, 6.07) is 4.74. The van der Waals surface area contributed by atoms with Gasteiger partial charge < -0.3 is 33.2 Å². The predicted molar refractivity (Wildman–Crippen MR) is 139 cm³/mol. The smallest absolute Gasteiger partial charge is 0.303 e. The Bertz CT molecular complexity index is 1170. The second-order valence-corrected chi connectivity index (χ2v) is 9.06. The van der Waals surface area contributed by atoms with E-state index in [0.717, 1.165) is 18.7 Å². The van der Waals surface area contributed by atoms with Crippen molar-refractivity contribution in [2.45, 2.75) is 51.4 Å². The molecule has 1 fully saturated rings. The third-order valence-electron chi connectivity index (χ3n) is 6.07. The number of carbonyl (C=O) groups excluding carboxylic acids is 5. The minimum absolute atomic E-state index is 0.0363. The average molecular weight is 593 g/mol. The molecule has 16 heteroatoms. The Kier molecular flexibility index (Phi) is 12.2. The molecule has 0 bridgehead atoms. The molecular formula is C26H32N4O12. The van der Waals surface area contributed by atoms with Gasteiger partial charge in [0.1, 0.15) is 18.8 Å². The average Bonchev–Trinajstić information content (AvgIpc) is 3.19. The van der Waals surface area contributed by atoms with Gasteiger partial charge >= 0.3 is 17.9 Å². The van der Waals surface area contributed by atoms with Gasteiger partial charge in [-0.1, -0.05) is 17.2 Å². The molecule has 0 unspecified atom stereocenters. The van der Waals surface area contributed by atoms with Crippen molar-refractivity contribution >= 4 is 29.7 Å². The molecule has 2 aliphatic heterocycles. The second-order valence-electron chi connectivity index (χ2n) is 9.06. The molecule has 1 saturated heterocycles. The highest BCUT2D eigenvalue weighted by atomic mass is 16.7. The fourth-order valence-corrected chi connectivity index (χ4v) is 4.47. The fraction of sp³-hybridized carbons (Fsp3) is 0.577. The number of azide groups is 1. The van der Waals surface area contributed by atoms with Gasteiger partial charge in [-0.05, 0) is 17.7 Å². The summed E-state index contributed by atoms with van der Waals surface area (Å²) in [7, 11) is 0. The van der Waals surface area contributed by atoms with Crippen LogP contribution in [0.25, 0.3) is 10.4 Å². The largest absolute Gasteiger partial charge is 0.463 e. The van der Waals surface area contributed by atoms with Crippen molar-refractivity contribution in [3.8, 4) is 0 Å². The Morgan fingerprint density at radius 2 is 1.45 bits per heavy atom. The van der Waals surface area contributed by atoms with Crippen molar-refractivity contribution in [3.63, 3.8) is 0 Å². The first-order chi connectivity index (χ1) is 20.1. The van der Waals surface area contributed by atoms with Gasteiger partial charge in [0.15, 0.2) is 18.5 Å².